The van der Waals surface area contributed by atoms with Crippen molar-refractivity contribution in [1.29, 1.82) is 5.26 Å². The number of pyridine rings is 1. The molecule has 1 aromatic carbocycles. The minimum Gasteiger partial charge on any atom is -0.357 e. The van der Waals surface area contributed by atoms with E-state index in [2.05, 4.69) is 33.0 Å². The van der Waals surface area contributed by atoms with Crippen LogP contribution in [0.3, 0.4) is 0 Å². The van der Waals surface area contributed by atoms with Gasteiger partial charge in [0.25, 0.3) is 0 Å². The van der Waals surface area contributed by atoms with Gasteiger partial charge < -0.3 is 9.80 Å². The van der Waals surface area contributed by atoms with Crippen LogP contribution in [0.15, 0.2) is 48.7 Å². The Labute approximate surface area is 172 Å². The monoisotopic (exact) mass is 386 g/mol. The third-order valence-corrected chi connectivity index (χ3v) is 6.94. The number of carbonyl (C=O) groups is 1. The van der Waals surface area contributed by atoms with E-state index in [9.17, 15) is 4.79 Å². The number of nitriles is 1. The van der Waals surface area contributed by atoms with Crippen molar-refractivity contribution >= 4 is 11.7 Å². The molecule has 1 aromatic heterocycles. The number of carbonyl (C=O) groups excluding carboxylic acids is 1. The van der Waals surface area contributed by atoms with Crippen LogP contribution in [-0.4, -0.2) is 41.5 Å². The number of nitrogens with zero attached hydrogens (tertiary/aromatic N) is 4. The molecule has 0 N–H and O–H groups in total. The molecule has 0 unspecified atom stereocenters. The van der Waals surface area contributed by atoms with Crippen molar-refractivity contribution in [2.45, 2.75) is 44.1 Å². The van der Waals surface area contributed by atoms with Crippen molar-refractivity contribution in [3.05, 3.63) is 59.8 Å². The molecule has 5 nitrogen and oxygen atoms in total. The molecule has 1 atom stereocenters. The fourth-order valence-corrected chi connectivity index (χ4v) is 5.08. The third-order valence-electron chi connectivity index (χ3n) is 6.94. The molecule has 1 saturated carbocycles. The van der Waals surface area contributed by atoms with E-state index in [4.69, 9.17) is 5.26 Å². The lowest BCUT2D eigenvalue weighted by Gasteiger charge is -2.50. The van der Waals surface area contributed by atoms with Gasteiger partial charge in [0, 0.05) is 31.9 Å². The van der Waals surface area contributed by atoms with Crippen LogP contribution in [0.4, 0.5) is 5.82 Å². The number of piperidine rings is 2. The zero-order valence-corrected chi connectivity index (χ0v) is 16.6. The zero-order valence-electron chi connectivity index (χ0n) is 16.6. The van der Waals surface area contributed by atoms with Crippen molar-refractivity contribution in [3.8, 4) is 6.07 Å². The predicted molar refractivity (Wildman–Crippen MR) is 111 cm³/mol. The van der Waals surface area contributed by atoms with Gasteiger partial charge in [0.1, 0.15) is 11.9 Å². The molecule has 3 fully saturated rings. The van der Waals surface area contributed by atoms with Crippen LogP contribution in [0.25, 0.3) is 0 Å². The fourth-order valence-electron chi connectivity index (χ4n) is 5.08. The van der Waals surface area contributed by atoms with E-state index in [0.29, 0.717) is 17.5 Å². The summed E-state index contributed by atoms with van der Waals surface area (Å²) in [5, 5.41) is 8.98. The van der Waals surface area contributed by atoms with Crippen LogP contribution in [-0.2, 0) is 4.79 Å². The lowest BCUT2D eigenvalue weighted by molar-refractivity contribution is -0.141. The lowest BCUT2D eigenvalue weighted by Crippen LogP contribution is -2.54. The summed E-state index contributed by atoms with van der Waals surface area (Å²) >= 11 is 0. The largest absolute Gasteiger partial charge is 0.357 e. The summed E-state index contributed by atoms with van der Waals surface area (Å²) < 4.78 is 0. The molecule has 0 bridgehead atoms. The van der Waals surface area contributed by atoms with Crippen LogP contribution < -0.4 is 4.90 Å². The lowest BCUT2D eigenvalue weighted by atomic mass is 9.67. The molecule has 148 valence electrons. The highest BCUT2D eigenvalue weighted by molar-refractivity contribution is 5.85. The van der Waals surface area contributed by atoms with Crippen LogP contribution in [0.5, 0.6) is 0 Å². The second-order valence-electron chi connectivity index (χ2n) is 8.87. The molecule has 29 heavy (non-hydrogen) atoms. The van der Waals surface area contributed by atoms with E-state index in [1.165, 1.54) is 5.56 Å². The fraction of sp³-hybridized carbons (Fsp3) is 0.458. The van der Waals surface area contributed by atoms with E-state index in [1.807, 2.05) is 30.3 Å². The van der Waals surface area contributed by atoms with Crippen LogP contribution in [0.2, 0.25) is 0 Å². The maximum Gasteiger partial charge on any atom is 0.230 e. The van der Waals surface area contributed by atoms with Crippen LogP contribution in [0, 0.1) is 16.7 Å². The molecule has 2 aromatic rings. The highest BCUT2D eigenvalue weighted by Crippen LogP contribution is 2.48. The maximum atomic E-state index is 13.3. The molecule has 3 heterocycles. The first kappa shape index (κ1) is 18.2. The van der Waals surface area contributed by atoms with Gasteiger partial charge in [-0.05, 0) is 55.2 Å². The summed E-state index contributed by atoms with van der Waals surface area (Å²) in [5.74, 6) is 1.27. The molecule has 1 spiro atoms. The molecule has 3 aliphatic rings. The zero-order chi connectivity index (χ0) is 19.8. The first-order valence-corrected chi connectivity index (χ1v) is 10.6. The van der Waals surface area contributed by atoms with Crippen molar-refractivity contribution in [1.82, 2.24) is 9.88 Å². The number of likely N-dealkylation sites (tertiary alicyclic amines) is 1. The SMILES string of the molecule is N#Cc1ccc(N2CCC3(CC2)C[C@@H](c2ccccc2)C(=O)N(C2CC2)C3)nc1. The second kappa shape index (κ2) is 7.18. The summed E-state index contributed by atoms with van der Waals surface area (Å²) in [6, 6.07) is 16.7. The van der Waals surface area contributed by atoms with E-state index in [-0.39, 0.29) is 11.3 Å². The summed E-state index contributed by atoms with van der Waals surface area (Å²) in [7, 11) is 0. The smallest absolute Gasteiger partial charge is 0.230 e. The predicted octanol–water partition coefficient (Wildman–Crippen LogP) is 3.72. The number of hydrogen-bond donors (Lipinski definition) is 0. The van der Waals surface area contributed by atoms with E-state index in [1.54, 1.807) is 6.20 Å². The van der Waals surface area contributed by atoms with Gasteiger partial charge in [0.05, 0.1) is 11.5 Å². The quantitative estimate of drug-likeness (QED) is 0.807. The van der Waals surface area contributed by atoms with Crippen LogP contribution in [0.1, 0.15) is 49.1 Å². The first-order valence-electron chi connectivity index (χ1n) is 10.6. The van der Waals surface area contributed by atoms with Gasteiger partial charge >= 0.3 is 0 Å². The summed E-state index contributed by atoms with van der Waals surface area (Å²) in [6.07, 6.45) is 7.07. The average molecular weight is 386 g/mol. The topological polar surface area (TPSA) is 60.2 Å². The van der Waals surface area contributed by atoms with E-state index >= 15 is 0 Å². The van der Waals surface area contributed by atoms with E-state index < -0.39 is 0 Å². The van der Waals surface area contributed by atoms with Gasteiger partial charge in [0.15, 0.2) is 0 Å². The molecule has 2 aliphatic heterocycles. The highest BCUT2D eigenvalue weighted by Gasteiger charge is 2.49. The van der Waals surface area contributed by atoms with Crippen molar-refractivity contribution in [3.63, 3.8) is 0 Å². The highest BCUT2D eigenvalue weighted by atomic mass is 16.2. The van der Waals surface area contributed by atoms with Gasteiger partial charge in [-0.25, -0.2) is 4.98 Å². The van der Waals surface area contributed by atoms with Gasteiger partial charge in [-0.2, -0.15) is 5.26 Å². The number of hydrogen-bond acceptors (Lipinski definition) is 4. The van der Waals surface area contributed by atoms with Gasteiger partial charge in [-0.1, -0.05) is 30.3 Å². The average Bonchev–Trinajstić information content (AvgIpc) is 3.62. The van der Waals surface area contributed by atoms with Crippen molar-refractivity contribution in [2.24, 2.45) is 5.41 Å². The second-order valence-corrected chi connectivity index (χ2v) is 8.87. The molecule has 5 heteroatoms. The molecule has 5 rings (SSSR count). The number of rotatable bonds is 3. The Bertz CT molecular complexity index is 922. The maximum absolute atomic E-state index is 13.3. The minimum atomic E-state index is -0.00913. The molecule has 1 aliphatic carbocycles. The number of anilines is 1. The Hall–Kier alpha value is -2.87. The summed E-state index contributed by atoms with van der Waals surface area (Å²) in [4.78, 5) is 22.3. The van der Waals surface area contributed by atoms with Crippen molar-refractivity contribution in [2.75, 3.05) is 24.5 Å². The molecule has 2 saturated heterocycles. The van der Waals surface area contributed by atoms with E-state index in [0.717, 1.165) is 57.6 Å². The van der Waals surface area contributed by atoms with Gasteiger partial charge in [-0.3, -0.25) is 4.79 Å². The molecule has 1 amide bonds. The first-order chi connectivity index (χ1) is 14.2. The Balaban J connectivity index is 1.35. The third kappa shape index (κ3) is 3.48. The number of benzene rings is 1. The van der Waals surface area contributed by atoms with Gasteiger partial charge in [0.2, 0.25) is 5.91 Å². The van der Waals surface area contributed by atoms with Gasteiger partial charge in [-0.15, -0.1) is 0 Å². The number of amides is 1. The van der Waals surface area contributed by atoms with Crippen molar-refractivity contribution < 1.29 is 4.79 Å². The molecular formula is C24H26N4O. The molecule has 0 radical (unpaired) electrons. The standard InChI is InChI=1S/C24H26N4O/c25-15-18-6-9-22(26-16-18)27-12-10-24(11-13-27)14-21(19-4-2-1-3-5-19)23(29)28(17-24)20-7-8-20/h1-6,9,16,20-21H,7-8,10-14,17H2/t21-/m0/s1. The Morgan fingerprint density at radius 1 is 1.07 bits per heavy atom. The van der Waals surface area contributed by atoms with Crippen LogP contribution >= 0.6 is 0 Å². The minimum absolute atomic E-state index is 0.00913. The normalized spacial score (nSPS) is 23.8. The summed E-state index contributed by atoms with van der Waals surface area (Å²) in [5.41, 5.74) is 1.96. The molecular weight excluding hydrogens is 360 g/mol. The Kier molecular flexibility index (Phi) is 4.50. The number of aromatic nitrogens is 1. The Morgan fingerprint density at radius 3 is 2.45 bits per heavy atom. The Morgan fingerprint density at radius 2 is 1.83 bits per heavy atom. The summed E-state index contributed by atoms with van der Waals surface area (Å²) in [6.45, 7) is 2.81.